The lowest BCUT2D eigenvalue weighted by molar-refractivity contribution is -1.38. The zero-order valence-electron chi connectivity index (χ0n) is 7.66. The molecule has 0 aromatic heterocycles. The Balaban J connectivity index is 4.26. The van der Waals surface area contributed by atoms with Gasteiger partial charge < -0.3 is 4.74 Å². The fourth-order valence-electron chi connectivity index (χ4n) is 0.798. The van der Waals surface area contributed by atoms with Crippen molar-refractivity contribution in [2.45, 2.75) is 13.2 Å². The first-order valence-electron chi connectivity index (χ1n) is 3.25. The van der Waals surface area contributed by atoms with Gasteiger partial charge in [0.25, 0.3) is 6.23 Å². The van der Waals surface area contributed by atoms with Crippen LogP contribution in [0, 0.1) is 0 Å². The van der Waals surface area contributed by atoms with Crippen molar-refractivity contribution in [1.82, 2.24) is 0 Å². The van der Waals surface area contributed by atoms with Crippen LogP contribution < -0.4 is 0 Å². The summed E-state index contributed by atoms with van der Waals surface area (Å²) in [5.74, 6) is 0. The minimum atomic E-state index is -0.434. The van der Waals surface area contributed by atoms with Gasteiger partial charge in [0.05, 0.1) is 0 Å². The second-order valence-electron chi connectivity index (χ2n) is 1.92. The van der Waals surface area contributed by atoms with E-state index in [1.165, 1.54) is 21.3 Å². The van der Waals surface area contributed by atoms with E-state index in [4.69, 9.17) is 19.2 Å². The van der Waals surface area contributed by atoms with Crippen molar-refractivity contribution in [3.05, 3.63) is 0 Å². The molecule has 0 fully saturated rings. The maximum Gasteiger partial charge on any atom is 0.287 e. The van der Waals surface area contributed by atoms with Gasteiger partial charge in [-0.2, -0.15) is 0 Å². The number of nitrogens with zero attached hydrogens (tertiary/aromatic N) is 1. The molecule has 0 spiro atoms. The van der Waals surface area contributed by atoms with E-state index >= 15 is 0 Å². The van der Waals surface area contributed by atoms with E-state index < -0.39 is 4.97 Å². The third-order valence-electron chi connectivity index (χ3n) is 1.55. The SMILES string of the molecule is COC(C)[N+](OC)(OC)OC. The summed E-state index contributed by atoms with van der Waals surface area (Å²) in [6, 6.07) is 0. The minimum Gasteiger partial charge on any atom is -0.325 e. The fraction of sp³-hybridized carbons (Fsp3) is 1.00. The molecule has 0 saturated carbocycles. The number of hydroxylamine groups is 3. The Hall–Kier alpha value is -0.200. The van der Waals surface area contributed by atoms with Crippen molar-refractivity contribution < 1.29 is 24.2 Å². The summed E-state index contributed by atoms with van der Waals surface area (Å²) in [5, 5.41) is 0. The van der Waals surface area contributed by atoms with Crippen LogP contribution in [0.4, 0.5) is 0 Å². The van der Waals surface area contributed by atoms with E-state index in [-0.39, 0.29) is 6.23 Å². The molecule has 0 aliphatic carbocycles. The Morgan fingerprint density at radius 3 is 1.36 bits per heavy atom. The maximum atomic E-state index is 4.99. The zero-order valence-corrected chi connectivity index (χ0v) is 7.66. The van der Waals surface area contributed by atoms with Gasteiger partial charge in [0.2, 0.25) is 0 Å². The molecule has 0 aliphatic heterocycles. The molecular formula is C6H16NO4+. The number of ether oxygens (including phenoxy) is 1. The smallest absolute Gasteiger partial charge is 0.287 e. The number of quaternary nitrogens is 1. The lowest BCUT2D eigenvalue weighted by atomic mass is 10.7. The molecule has 5 nitrogen and oxygen atoms in total. The average Bonchev–Trinajstić information content (AvgIpc) is 2.08. The molecule has 0 radical (unpaired) electrons. The van der Waals surface area contributed by atoms with Crippen LogP contribution in [0.3, 0.4) is 0 Å². The molecule has 1 unspecified atom stereocenters. The second-order valence-corrected chi connectivity index (χ2v) is 1.92. The van der Waals surface area contributed by atoms with Crippen molar-refractivity contribution in [3.8, 4) is 0 Å². The first-order valence-corrected chi connectivity index (χ1v) is 3.25. The van der Waals surface area contributed by atoms with Crippen LogP contribution >= 0.6 is 0 Å². The lowest BCUT2D eigenvalue weighted by Crippen LogP contribution is -2.52. The second kappa shape index (κ2) is 4.63. The van der Waals surface area contributed by atoms with E-state index in [0.29, 0.717) is 0 Å². The van der Waals surface area contributed by atoms with Crippen LogP contribution in [0.25, 0.3) is 0 Å². The largest absolute Gasteiger partial charge is 0.325 e. The standard InChI is InChI=1S/C6H16NO4/c1-6(8-2)7(9-3,10-4)11-5/h6H,1-5H3/q+1. The topological polar surface area (TPSA) is 36.9 Å². The molecule has 0 aromatic carbocycles. The quantitative estimate of drug-likeness (QED) is 0.338. The van der Waals surface area contributed by atoms with Crippen LogP contribution in [0.15, 0.2) is 0 Å². The van der Waals surface area contributed by atoms with Crippen LogP contribution in [0.5, 0.6) is 0 Å². The predicted octanol–water partition coefficient (Wildman–Crippen LogP) is 0.480. The molecule has 0 saturated heterocycles. The Kier molecular flexibility index (Phi) is 4.55. The van der Waals surface area contributed by atoms with Crippen molar-refractivity contribution >= 4 is 0 Å². The van der Waals surface area contributed by atoms with Crippen molar-refractivity contribution in [1.29, 1.82) is 0 Å². The fourth-order valence-corrected chi connectivity index (χ4v) is 0.798. The summed E-state index contributed by atoms with van der Waals surface area (Å²) < 4.78 is 4.99. The highest BCUT2D eigenvalue weighted by Gasteiger charge is 2.39. The monoisotopic (exact) mass is 166 g/mol. The number of rotatable bonds is 5. The summed E-state index contributed by atoms with van der Waals surface area (Å²) in [6.45, 7) is 1.77. The zero-order chi connectivity index (χ0) is 8.91. The van der Waals surface area contributed by atoms with Crippen LogP contribution in [-0.4, -0.2) is 39.6 Å². The summed E-state index contributed by atoms with van der Waals surface area (Å²) in [5.41, 5.74) is 0. The molecule has 0 aromatic rings. The first-order chi connectivity index (χ1) is 5.16. The number of hydrogen-bond acceptors (Lipinski definition) is 4. The first kappa shape index (κ1) is 10.8. The average molecular weight is 166 g/mol. The molecule has 11 heavy (non-hydrogen) atoms. The Bertz CT molecular complexity index is 96.5. The Labute approximate surface area is 66.9 Å². The van der Waals surface area contributed by atoms with E-state index in [1.54, 1.807) is 14.0 Å². The van der Waals surface area contributed by atoms with Gasteiger partial charge >= 0.3 is 0 Å². The summed E-state index contributed by atoms with van der Waals surface area (Å²) in [7, 11) is 5.97. The highest BCUT2D eigenvalue weighted by molar-refractivity contribution is 4.15. The minimum absolute atomic E-state index is 0.338. The van der Waals surface area contributed by atoms with Crippen molar-refractivity contribution in [2.24, 2.45) is 0 Å². The molecule has 0 amide bonds. The summed E-state index contributed by atoms with van der Waals surface area (Å²) in [4.78, 5) is 14.4. The molecule has 68 valence electrons. The van der Waals surface area contributed by atoms with Gasteiger partial charge in [-0.25, -0.2) is 0 Å². The Morgan fingerprint density at radius 1 is 0.909 bits per heavy atom. The van der Waals surface area contributed by atoms with Crippen LogP contribution in [-0.2, 0) is 19.2 Å². The normalized spacial score (nSPS) is 15.0. The van der Waals surface area contributed by atoms with E-state index in [2.05, 4.69) is 0 Å². The van der Waals surface area contributed by atoms with Gasteiger partial charge in [0.1, 0.15) is 26.3 Å². The third-order valence-corrected chi connectivity index (χ3v) is 1.55. The van der Waals surface area contributed by atoms with Gasteiger partial charge in [-0.15, -0.1) is 14.5 Å². The Morgan fingerprint density at radius 2 is 1.27 bits per heavy atom. The molecule has 0 N–H and O–H groups in total. The molecule has 0 rings (SSSR count). The highest BCUT2D eigenvalue weighted by Crippen LogP contribution is 2.14. The lowest BCUT2D eigenvalue weighted by Gasteiger charge is -2.28. The van der Waals surface area contributed by atoms with Crippen LogP contribution in [0.2, 0.25) is 0 Å². The van der Waals surface area contributed by atoms with Gasteiger partial charge in [0, 0.05) is 14.0 Å². The molecule has 0 aliphatic rings. The highest BCUT2D eigenvalue weighted by atomic mass is 17.2. The summed E-state index contributed by atoms with van der Waals surface area (Å²) >= 11 is 0. The molecule has 5 heteroatoms. The molecular weight excluding hydrogens is 150 g/mol. The predicted molar refractivity (Wildman–Crippen MR) is 37.8 cm³/mol. The maximum absolute atomic E-state index is 4.99. The van der Waals surface area contributed by atoms with Gasteiger partial charge in [0.15, 0.2) is 0 Å². The third kappa shape index (κ3) is 2.11. The molecule has 0 bridgehead atoms. The van der Waals surface area contributed by atoms with Crippen molar-refractivity contribution in [2.75, 3.05) is 28.4 Å². The van der Waals surface area contributed by atoms with E-state index in [0.717, 1.165) is 0 Å². The van der Waals surface area contributed by atoms with Gasteiger partial charge in [-0.3, -0.25) is 0 Å². The van der Waals surface area contributed by atoms with Crippen molar-refractivity contribution in [3.63, 3.8) is 0 Å². The molecule has 1 atom stereocenters. The summed E-state index contributed by atoms with van der Waals surface area (Å²) in [6.07, 6.45) is -0.338. The molecule has 0 heterocycles. The van der Waals surface area contributed by atoms with Gasteiger partial charge in [-0.1, -0.05) is 0 Å². The van der Waals surface area contributed by atoms with Crippen LogP contribution in [0.1, 0.15) is 6.92 Å². The van der Waals surface area contributed by atoms with E-state index in [1.807, 2.05) is 0 Å². The van der Waals surface area contributed by atoms with Gasteiger partial charge in [-0.05, 0) is 0 Å². The number of methoxy groups -OCH3 is 1. The van der Waals surface area contributed by atoms with E-state index in [9.17, 15) is 0 Å². The number of hydrogen-bond donors (Lipinski definition) is 0.